The summed E-state index contributed by atoms with van der Waals surface area (Å²) in [5, 5.41) is 9.11. The first-order valence-electron chi connectivity index (χ1n) is 10.6. The quantitative estimate of drug-likeness (QED) is 0.785. The number of likely N-dealkylation sites (tertiary alicyclic amines) is 1. The molecule has 1 saturated carbocycles. The number of nitriles is 1. The fraction of sp³-hybridized carbons (Fsp3) is 0.478. The van der Waals surface area contributed by atoms with Crippen molar-refractivity contribution in [2.24, 2.45) is 5.41 Å². The molecule has 0 unspecified atom stereocenters. The van der Waals surface area contributed by atoms with Crippen molar-refractivity contribution in [3.63, 3.8) is 0 Å². The number of benzene rings is 1. The summed E-state index contributed by atoms with van der Waals surface area (Å²) in [6, 6.07) is 7.50. The van der Waals surface area contributed by atoms with Gasteiger partial charge >= 0.3 is 0 Å². The molecule has 0 N–H and O–H groups in total. The molecule has 154 valence electrons. The van der Waals surface area contributed by atoms with E-state index in [0.717, 1.165) is 42.6 Å². The number of carbonyl (C=O) groups is 2. The zero-order chi connectivity index (χ0) is 20.9. The second-order valence-corrected chi connectivity index (χ2v) is 8.95. The van der Waals surface area contributed by atoms with Crippen molar-refractivity contribution in [1.82, 2.24) is 19.4 Å². The number of hydrogen-bond donors (Lipinski definition) is 0. The van der Waals surface area contributed by atoms with E-state index in [1.165, 1.54) is 0 Å². The third kappa shape index (κ3) is 3.26. The molecular weight excluding hydrogens is 378 g/mol. The summed E-state index contributed by atoms with van der Waals surface area (Å²) >= 11 is 0. The van der Waals surface area contributed by atoms with Crippen molar-refractivity contribution in [2.45, 2.75) is 51.7 Å². The zero-order valence-electron chi connectivity index (χ0n) is 17.2. The van der Waals surface area contributed by atoms with Crippen LogP contribution < -0.4 is 0 Å². The lowest BCUT2D eigenvalue weighted by Crippen LogP contribution is -2.49. The maximum atomic E-state index is 13.5. The van der Waals surface area contributed by atoms with E-state index < -0.39 is 0 Å². The molecule has 1 spiro atoms. The molecule has 1 saturated heterocycles. The summed E-state index contributed by atoms with van der Waals surface area (Å²) in [6.45, 7) is 3.97. The number of hydrogen-bond acceptors (Lipinski definition) is 4. The average molecular weight is 403 g/mol. The van der Waals surface area contributed by atoms with Crippen molar-refractivity contribution >= 4 is 11.8 Å². The van der Waals surface area contributed by atoms with E-state index in [4.69, 9.17) is 5.26 Å². The summed E-state index contributed by atoms with van der Waals surface area (Å²) in [5.41, 5.74) is 3.05. The van der Waals surface area contributed by atoms with Crippen LogP contribution in [0.1, 0.15) is 41.8 Å². The molecule has 1 aromatic heterocycles. The summed E-state index contributed by atoms with van der Waals surface area (Å²) in [4.78, 5) is 34.5. The Hall–Kier alpha value is -3.14. The lowest BCUT2D eigenvalue weighted by Gasteiger charge is -2.33. The highest BCUT2D eigenvalue weighted by Gasteiger charge is 2.55. The van der Waals surface area contributed by atoms with Crippen LogP contribution in [0.25, 0.3) is 0 Å². The number of fused-ring (bicyclic) bond motifs is 1. The van der Waals surface area contributed by atoms with Crippen LogP contribution in [-0.4, -0.2) is 50.3 Å². The Kier molecular flexibility index (Phi) is 4.39. The minimum atomic E-state index is -0.372. The molecule has 1 aromatic carbocycles. The van der Waals surface area contributed by atoms with Gasteiger partial charge in [-0.15, -0.1) is 0 Å². The Bertz CT molecular complexity index is 1060. The van der Waals surface area contributed by atoms with Gasteiger partial charge in [-0.25, -0.2) is 4.98 Å². The number of aromatic nitrogens is 2. The van der Waals surface area contributed by atoms with Gasteiger partial charge in [0.15, 0.2) is 0 Å². The highest BCUT2D eigenvalue weighted by atomic mass is 16.2. The number of amides is 2. The monoisotopic (exact) mass is 403 g/mol. The number of rotatable bonds is 3. The normalized spacial score (nSPS) is 21.4. The molecule has 2 aliphatic heterocycles. The third-order valence-corrected chi connectivity index (χ3v) is 6.96. The van der Waals surface area contributed by atoms with Gasteiger partial charge in [0, 0.05) is 32.0 Å². The highest BCUT2D eigenvalue weighted by molar-refractivity contribution is 5.89. The highest BCUT2D eigenvalue weighted by Crippen LogP contribution is 2.55. The fourth-order valence-electron chi connectivity index (χ4n) is 4.91. The Morgan fingerprint density at radius 3 is 2.83 bits per heavy atom. The van der Waals surface area contributed by atoms with Crippen LogP contribution >= 0.6 is 0 Å². The van der Waals surface area contributed by atoms with E-state index in [1.807, 2.05) is 45.7 Å². The standard InChI is InChI=1S/C23H25N5O2/c1-16-25-7-9-26(16)14-21(29)28-15-23(5-6-23)11-20(28)22(30)27-8-4-18-10-17(12-24)2-3-19(18)13-27/h2-3,7,9-10,20H,4-6,8,11,13-15H2,1H3/t20-/m1/s1. The minimum absolute atomic E-state index is 0.00528. The molecule has 30 heavy (non-hydrogen) atoms. The molecule has 1 aliphatic carbocycles. The second-order valence-electron chi connectivity index (χ2n) is 8.95. The maximum Gasteiger partial charge on any atom is 0.245 e. The minimum Gasteiger partial charge on any atom is -0.336 e. The molecule has 3 aliphatic rings. The van der Waals surface area contributed by atoms with E-state index in [-0.39, 0.29) is 29.8 Å². The van der Waals surface area contributed by atoms with Crippen LogP contribution in [-0.2, 0) is 29.1 Å². The Balaban J connectivity index is 1.34. The van der Waals surface area contributed by atoms with Crippen molar-refractivity contribution < 1.29 is 9.59 Å². The molecule has 5 rings (SSSR count). The van der Waals surface area contributed by atoms with Crippen LogP contribution in [0, 0.1) is 23.7 Å². The average Bonchev–Trinajstić information content (AvgIpc) is 3.22. The van der Waals surface area contributed by atoms with Gasteiger partial charge in [-0.3, -0.25) is 9.59 Å². The predicted molar refractivity (Wildman–Crippen MR) is 109 cm³/mol. The Labute approximate surface area is 175 Å². The molecular formula is C23H25N5O2. The number of imidazole rings is 1. The van der Waals surface area contributed by atoms with Gasteiger partial charge in [0.2, 0.25) is 11.8 Å². The predicted octanol–water partition coefficient (Wildman–Crippen LogP) is 2.03. The number of nitrogens with zero attached hydrogens (tertiary/aromatic N) is 5. The Morgan fingerprint density at radius 1 is 1.30 bits per heavy atom. The molecule has 3 heterocycles. The smallest absolute Gasteiger partial charge is 0.245 e. The van der Waals surface area contributed by atoms with Crippen molar-refractivity contribution in [3.8, 4) is 6.07 Å². The molecule has 7 nitrogen and oxygen atoms in total. The van der Waals surface area contributed by atoms with Gasteiger partial charge < -0.3 is 14.4 Å². The van der Waals surface area contributed by atoms with E-state index in [2.05, 4.69) is 11.1 Å². The van der Waals surface area contributed by atoms with E-state index in [1.54, 1.807) is 6.20 Å². The molecule has 2 aromatic rings. The SMILES string of the molecule is Cc1nccn1CC(=O)N1CC2(CC2)C[C@@H]1C(=O)N1CCc2cc(C#N)ccc2C1. The van der Waals surface area contributed by atoms with Crippen LogP contribution in [0.2, 0.25) is 0 Å². The van der Waals surface area contributed by atoms with Crippen LogP contribution in [0.3, 0.4) is 0 Å². The largest absolute Gasteiger partial charge is 0.336 e. The van der Waals surface area contributed by atoms with Gasteiger partial charge in [0.05, 0.1) is 11.6 Å². The molecule has 7 heteroatoms. The topological polar surface area (TPSA) is 82.2 Å². The van der Waals surface area contributed by atoms with E-state index in [9.17, 15) is 9.59 Å². The van der Waals surface area contributed by atoms with Gasteiger partial charge in [0.1, 0.15) is 18.4 Å². The molecule has 2 fully saturated rings. The summed E-state index contributed by atoms with van der Waals surface area (Å²) in [5.74, 6) is 0.856. The third-order valence-electron chi connectivity index (χ3n) is 6.96. The zero-order valence-corrected chi connectivity index (χ0v) is 17.2. The van der Waals surface area contributed by atoms with Gasteiger partial charge in [-0.2, -0.15) is 5.26 Å². The van der Waals surface area contributed by atoms with E-state index in [0.29, 0.717) is 25.2 Å². The lowest BCUT2D eigenvalue weighted by atomic mass is 9.96. The number of carbonyl (C=O) groups excluding carboxylic acids is 2. The maximum absolute atomic E-state index is 13.5. The lowest BCUT2D eigenvalue weighted by molar-refractivity contribution is -0.144. The summed E-state index contributed by atoms with van der Waals surface area (Å²) < 4.78 is 1.84. The van der Waals surface area contributed by atoms with Crippen molar-refractivity contribution in [3.05, 3.63) is 53.1 Å². The van der Waals surface area contributed by atoms with Crippen molar-refractivity contribution in [1.29, 1.82) is 5.26 Å². The van der Waals surface area contributed by atoms with Crippen LogP contribution in [0.4, 0.5) is 0 Å². The Morgan fingerprint density at radius 2 is 2.13 bits per heavy atom. The first-order valence-corrected chi connectivity index (χ1v) is 10.6. The number of aryl methyl sites for hydroxylation is 1. The molecule has 2 amide bonds. The molecule has 0 bridgehead atoms. The van der Waals surface area contributed by atoms with Crippen LogP contribution in [0.5, 0.6) is 0 Å². The first-order chi connectivity index (χ1) is 14.5. The van der Waals surface area contributed by atoms with Crippen molar-refractivity contribution in [2.75, 3.05) is 13.1 Å². The van der Waals surface area contributed by atoms with E-state index >= 15 is 0 Å². The first kappa shape index (κ1) is 18.9. The van der Waals surface area contributed by atoms with Gasteiger partial charge in [-0.05, 0) is 61.3 Å². The summed E-state index contributed by atoms with van der Waals surface area (Å²) in [7, 11) is 0. The second kappa shape index (κ2) is 6.98. The van der Waals surface area contributed by atoms with Crippen LogP contribution in [0.15, 0.2) is 30.6 Å². The molecule has 0 radical (unpaired) electrons. The molecule has 1 atom stereocenters. The summed E-state index contributed by atoms with van der Waals surface area (Å²) in [6.07, 6.45) is 7.23. The van der Waals surface area contributed by atoms with Gasteiger partial charge in [-0.1, -0.05) is 6.07 Å². The fourth-order valence-corrected chi connectivity index (χ4v) is 4.91. The van der Waals surface area contributed by atoms with Gasteiger partial charge in [0.25, 0.3) is 0 Å².